The zero-order valence-electron chi connectivity index (χ0n) is 8.05. The Morgan fingerprint density at radius 2 is 1.31 bits per heavy atom. The van der Waals surface area contributed by atoms with E-state index in [2.05, 4.69) is 16.0 Å². The van der Waals surface area contributed by atoms with Gasteiger partial charge in [-0.3, -0.25) is 0 Å². The van der Waals surface area contributed by atoms with Crippen molar-refractivity contribution in [3.63, 3.8) is 0 Å². The molecule has 0 bridgehead atoms. The van der Waals surface area contributed by atoms with Gasteiger partial charge in [-0.05, 0) is 50.9 Å². The fraction of sp³-hybridized carbons (Fsp3) is 1.00. The van der Waals surface area contributed by atoms with Gasteiger partial charge in [0.1, 0.15) is 0 Å². The van der Waals surface area contributed by atoms with E-state index >= 15 is 0 Å². The lowest BCUT2D eigenvalue weighted by Gasteiger charge is -2.31. The van der Waals surface area contributed by atoms with Crippen LogP contribution in [-0.2, 0) is 0 Å². The predicted molar refractivity (Wildman–Crippen MR) is 52.7 cm³/mol. The summed E-state index contributed by atoms with van der Waals surface area (Å²) in [5.74, 6) is 1.79. The second kappa shape index (κ2) is 3.23. The van der Waals surface area contributed by atoms with E-state index in [0.29, 0.717) is 0 Å². The van der Waals surface area contributed by atoms with Crippen LogP contribution in [0.5, 0.6) is 0 Å². The monoisotopic (exact) mass is 181 g/mol. The van der Waals surface area contributed by atoms with Gasteiger partial charge >= 0.3 is 0 Å². The summed E-state index contributed by atoms with van der Waals surface area (Å²) in [5.41, 5.74) is 0. The molecule has 13 heavy (non-hydrogen) atoms. The molecule has 0 aromatic rings. The molecule has 3 aliphatic heterocycles. The van der Waals surface area contributed by atoms with E-state index in [9.17, 15) is 0 Å². The molecule has 0 saturated carbocycles. The molecule has 4 unspecified atom stereocenters. The topological polar surface area (TPSA) is 36.1 Å². The lowest BCUT2D eigenvalue weighted by Crippen LogP contribution is -2.44. The van der Waals surface area contributed by atoms with Crippen LogP contribution in [0.25, 0.3) is 0 Å². The molecule has 3 rings (SSSR count). The van der Waals surface area contributed by atoms with Crippen molar-refractivity contribution < 1.29 is 0 Å². The second-order valence-electron chi connectivity index (χ2n) is 4.69. The lowest BCUT2D eigenvalue weighted by molar-refractivity contribution is 0.256. The van der Waals surface area contributed by atoms with Crippen molar-refractivity contribution in [2.45, 2.75) is 24.9 Å². The normalized spacial score (nSPS) is 49.8. The highest BCUT2D eigenvalue weighted by molar-refractivity contribution is 5.02. The third-order valence-electron chi connectivity index (χ3n) is 4.04. The Hall–Kier alpha value is -0.120. The van der Waals surface area contributed by atoms with Crippen LogP contribution in [-0.4, -0.2) is 38.3 Å². The van der Waals surface area contributed by atoms with Crippen molar-refractivity contribution in [2.75, 3.05) is 26.2 Å². The summed E-state index contributed by atoms with van der Waals surface area (Å²) < 4.78 is 0. The van der Waals surface area contributed by atoms with Gasteiger partial charge in [0, 0.05) is 12.1 Å². The fourth-order valence-electron chi connectivity index (χ4n) is 3.35. The highest BCUT2D eigenvalue weighted by Gasteiger charge is 2.44. The summed E-state index contributed by atoms with van der Waals surface area (Å²) in [6.07, 6.45) is 2.66. The highest BCUT2D eigenvalue weighted by atomic mass is 15.1. The van der Waals surface area contributed by atoms with Gasteiger partial charge in [0.05, 0.1) is 0 Å². The van der Waals surface area contributed by atoms with Crippen LogP contribution in [0.2, 0.25) is 0 Å². The first-order valence-corrected chi connectivity index (χ1v) is 5.62. The van der Waals surface area contributed by atoms with Crippen LogP contribution < -0.4 is 16.0 Å². The molecule has 3 nitrogen and oxygen atoms in total. The molecular formula is C10H19N3. The minimum Gasteiger partial charge on any atom is -0.316 e. The number of hydrogen-bond donors (Lipinski definition) is 3. The van der Waals surface area contributed by atoms with Gasteiger partial charge in [-0.1, -0.05) is 0 Å². The van der Waals surface area contributed by atoms with E-state index in [1.165, 1.54) is 39.0 Å². The van der Waals surface area contributed by atoms with Crippen molar-refractivity contribution >= 4 is 0 Å². The maximum atomic E-state index is 3.81. The van der Waals surface area contributed by atoms with E-state index in [0.717, 1.165) is 23.9 Å². The Bertz CT molecular complexity index is 175. The van der Waals surface area contributed by atoms with Crippen molar-refractivity contribution in [3.8, 4) is 0 Å². The number of nitrogens with one attached hydrogen (secondary N) is 3. The molecule has 4 atom stereocenters. The molecule has 0 radical (unpaired) electrons. The number of fused-ring (bicyclic) bond motifs is 3. The first-order chi connectivity index (χ1) is 6.45. The van der Waals surface area contributed by atoms with Gasteiger partial charge in [0.2, 0.25) is 0 Å². The van der Waals surface area contributed by atoms with Gasteiger partial charge in [0.15, 0.2) is 0 Å². The maximum absolute atomic E-state index is 3.81. The largest absolute Gasteiger partial charge is 0.316 e. The molecule has 3 N–H and O–H groups in total. The summed E-state index contributed by atoms with van der Waals surface area (Å²) in [4.78, 5) is 0. The minimum absolute atomic E-state index is 0.816. The maximum Gasteiger partial charge on any atom is 0.0126 e. The van der Waals surface area contributed by atoms with E-state index < -0.39 is 0 Å². The molecule has 3 saturated heterocycles. The van der Waals surface area contributed by atoms with Crippen molar-refractivity contribution in [3.05, 3.63) is 0 Å². The Balaban J connectivity index is 1.76. The van der Waals surface area contributed by atoms with Crippen LogP contribution in [0.3, 0.4) is 0 Å². The minimum atomic E-state index is 0.816. The lowest BCUT2D eigenvalue weighted by atomic mass is 9.82. The molecular weight excluding hydrogens is 162 g/mol. The number of hydrogen-bond acceptors (Lipinski definition) is 3. The third kappa shape index (κ3) is 1.30. The van der Waals surface area contributed by atoms with Crippen LogP contribution in [0.1, 0.15) is 12.8 Å². The van der Waals surface area contributed by atoms with Crippen molar-refractivity contribution in [2.24, 2.45) is 11.8 Å². The SMILES string of the molecule is C1CC2NC3CCNCC3C2CN1. The predicted octanol–water partition coefficient (Wildman–Crippen LogP) is -0.454. The Kier molecular flexibility index (Phi) is 2.04. The van der Waals surface area contributed by atoms with Crippen LogP contribution >= 0.6 is 0 Å². The first kappa shape index (κ1) is 8.21. The molecule has 3 heteroatoms. The molecule has 3 aliphatic rings. The summed E-state index contributed by atoms with van der Waals surface area (Å²) in [6, 6.07) is 1.63. The Morgan fingerprint density at radius 1 is 0.769 bits per heavy atom. The van der Waals surface area contributed by atoms with Gasteiger partial charge in [0.25, 0.3) is 0 Å². The smallest absolute Gasteiger partial charge is 0.0126 e. The van der Waals surface area contributed by atoms with E-state index in [1.54, 1.807) is 0 Å². The van der Waals surface area contributed by atoms with Crippen molar-refractivity contribution in [1.29, 1.82) is 0 Å². The standard InChI is InChI=1S/C10H19N3/c1-3-11-5-7-8-6-12-4-2-10(8)13-9(1)7/h7-13H,1-6H2. The summed E-state index contributed by atoms with van der Waals surface area (Å²) in [6.45, 7) is 4.89. The average molecular weight is 181 g/mol. The molecule has 3 fully saturated rings. The Labute approximate surface area is 79.7 Å². The first-order valence-electron chi connectivity index (χ1n) is 5.62. The molecule has 0 amide bonds. The quantitative estimate of drug-likeness (QED) is 0.473. The molecule has 0 aliphatic carbocycles. The van der Waals surface area contributed by atoms with E-state index in [-0.39, 0.29) is 0 Å². The summed E-state index contributed by atoms with van der Waals surface area (Å²) in [7, 11) is 0. The van der Waals surface area contributed by atoms with Gasteiger partial charge in [-0.25, -0.2) is 0 Å². The fourth-order valence-corrected chi connectivity index (χ4v) is 3.35. The zero-order chi connectivity index (χ0) is 8.67. The molecule has 0 aromatic carbocycles. The molecule has 0 aromatic heterocycles. The number of rotatable bonds is 0. The van der Waals surface area contributed by atoms with Crippen LogP contribution in [0, 0.1) is 11.8 Å². The van der Waals surface area contributed by atoms with Crippen LogP contribution in [0.15, 0.2) is 0 Å². The molecule has 3 heterocycles. The van der Waals surface area contributed by atoms with Crippen molar-refractivity contribution in [1.82, 2.24) is 16.0 Å². The van der Waals surface area contributed by atoms with Crippen LogP contribution in [0.4, 0.5) is 0 Å². The summed E-state index contributed by atoms with van der Waals surface area (Å²) in [5, 5.41) is 10.9. The molecule has 74 valence electrons. The molecule has 0 spiro atoms. The van der Waals surface area contributed by atoms with Gasteiger partial charge < -0.3 is 16.0 Å². The second-order valence-corrected chi connectivity index (χ2v) is 4.69. The Morgan fingerprint density at radius 3 is 1.85 bits per heavy atom. The number of piperidine rings is 2. The summed E-state index contributed by atoms with van der Waals surface area (Å²) >= 11 is 0. The van der Waals surface area contributed by atoms with Gasteiger partial charge in [-0.2, -0.15) is 0 Å². The van der Waals surface area contributed by atoms with Gasteiger partial charge in [-0.15, -0.1) is 0 Å². The van der Waals surface area contributed by atoms with E-state index in [1.807, 2.05) is 0 Å². The highest BCUT2D eigenvalue weighted by Crippen LogP contribution is 2.33. The third-order valence-corrected chi connectivity index (χ3v) is 4.04. The zero-order valence-corrected chi connectivity index (χ0v) is 8.05. The average Bonchev–Trinajstić information content (AvgIpc) is 2.56. The van der Waals surface area contributed by atoms with E-state index in [4.69, 9.17) is 0 Å².